The molecule has 1 N–H and O–H groups in total. The molecule has 0 saturated heterocycles. The molecule has 1 nitrogen and oxygen atoms in total. The minimum atomic E-state index is -3.04. The lowest BCUT2D eigenvalue weighted by Gasteiger charge is -2.13. The van der Waals surface area contributed by atoms with Crippen LogP contribution in [0.4, 0.5) is 18.9 Å². The van der Waals surface area contributed by atoms with Gasteiger partial charge in [0.1, 0.15) is 5.82 Å². The fraction of sp³-hybridized carbons (Fsp3) is 0.125. The first-order chi connectivity index (χ1) is 9.57. The molecule has 1 atom stereocenters. The second kappa shape index (κ2) is 4.61. The van der Waals surface area contributed by atoms with Gasteiger partial charge in [0.25, 0.3) is 0 Å². The summed E-state index contributed by atoms with van der Waals surface area (Å²) in [7, 11) is 0. The fourth-order valence-corrected chi connectivity index (χ4v) is 2.12. The number of alkyl halides is 2. The number of halogens is 3. The molecular weight excluding hydrogens is 263 g/mol. The Kier molecular flexibility index (Phi) is 2.90. The Balaban J connectivity index is 1.89. The molecule has 3 rings (SSSR count). The first-order valence-corrected chi connectivity index (χ1v) is 6.08. The Labute approximate surface area is 114 Å². The number of rotatable bonds is 0. The second-order valence-corrected chi connectivity index (χ2v) is 4.52. The molecule has 1 aliphatic rings. The molecule has 0 saturated carbocycles. The largest absolute Gasteiger partial charge is 0.366 e. The molecule has 1 aliphatic heterocycles. The molecule has 0 aliphatic carbocycles. The molecule has 100 valence electrons. The summed E-state index contributed by atoms with van der Waals surface area (Å²) in [5.74, 6) is 1.75. The van der Waals surface area contributed by atoms with Crippen LogP contribution in [0.1, 0.15) is 11.1 Å². The van der Waals surface area contributed by atoms with Gasteiger partial charge in [-0.15, -0.1) is 0 Å². The van der Waals surface area contributed by atoms with E-state index in [1.54, 1.807) is 18.2 Å². The van der Waals surface area contributed by atoms with Gasteiger partial charge >= 0.3 is 5.92 Å². The highest BCUT2D eigenvalue weighted by molar-refractivity contribution is 5.62. The molecule has 0 aromatic heterocycles. The lowest BCUT2D eigenvalue weighted by Crippen LogP contribution is -2.29. The molecular formula is C16H10F3N. The Hall–Kier alpha value is -2.41. The van der Waals surface area contributed by atoms with Crippen molar-refractivity contribution >= 4 is 5.69 Å². The van der Waals surface area contributed by atoms with E-state index in [2.05, 4.69) is 17.2 Å². The van der Waals surface area contributed by atoms with Crippen molar-refractivity contribution in [1.29, 1.82) is 0 Å². The third-order valence-electron chi connectivity index (χ3n) is 3.15. The summed E-state index contributed by atoms with van der Waals surface area (Å²) in [5, 5.41) is 2.71. The third-order valence-corrected chi connectivity index (χ3v) is 3.15. The van der Waals surface area contributed by atoms with Crippen molar-refractivity contribution in [3.8, 4) is 11.8 Å². The maximum Gasteiger partial charge on any atom is 0.306 e. The van der Waals surface area contributed by atoms with Crippen LogP contribution in [0.15, 0.2) is 48.5 Å². The van der Waals surface area contributed by atoms with Crippen LogP contribution in [-0.4, -0.2) is 6.04 Å². The van der Waals surface area contributed by atoms with Crippen LogP contribution < -0.4 is 5.32 Å². The van der Waals surface area contributed by atoms with Crippen LogP contribution >= 0.6 is 0 Å². The van der Waals surface area contributed by atoms with E-state index in [-0.39, 0.29) is 11.4 Å². The maximum absolute atomic E-state index is 14.1. The SMILES string of the molecule is Fc1ccc(C#CC2Nc3ccccc3C2(F)F)cc1. The minimum absolute atomic E-state index is 0.0431. The smallest absolute Gasteiger partial charge is 0.306 e. The summed E-state index contributed by atoms with van der Waals surface area (Å²) in [6.45, 7) is 0. The van der Waals surface area contributed by atoms with E-state index in [1.165, 1.54) is 30.3 Å². The summed E-state index contributed by atoms with van der Waals surface area (Å²) in [6, 6.07) is 10.4. The molecule has 2 aromatic carbocycles. The lowest BCUT2D eigenvalue weighted by molar-refractivity contribution is 0.000140. The molecule has 0 spiro atoms. The summed E-state index contributed by atoms with van der Waals surface area (Å²) >= 11 is 0. The van der Waals surface area contributed by atoms with Gasteiger partial charge in [-0.2, -0.15) is 8.78 Å². The van der Waals surface area contributed by atoms with Crippen molar-refractivity contribution in [2.24, 2.45) is 0 Å². The van der Waals surface area contributed by atoms with E-state index >= 15 is 0 Å². The molecule has 0 fully saturated rings. The minimum Gasteiger partial charge on any atom is -0.366 e. The van der Waals surface area contributed by atoms with Gasteiger partial charge in [-0.25, -0.2) is 4.39 Å². The number of hydrogen-bond acceptors (Lipinski definition) is 1. The van der Waals surface area contributed by atoms with Crippen LogP contribution in [-0.2, 0) is 5.92 Å². The summed E-state index contributed by atoms with van der Waals surface area (Å²) in [6.07, 6.45) is 0. The summed E-state index contributed by atoms with van der Waals surface area (Å²) in [5.41, 5.74) is 0.856. The molecule has 20 heavy (non-hydrogen) atoms. The average molecular weight is 273 g/mol. The standard InChI is InChI=1S/C16H10F3N/c17-12-8-5-11(6-9-12)7-10-15-16(18,19)13-3-1-2-4-14(13)20-15/h1-6,8-9,15,20H. The molecule has 0 amide bonds. The highest BCUT2D eigenvalue weighted by atomic mass is 19.3. The van der Waals surface area contributed by atoms with E-state index in [0.717, 1.165) is 0 Å². The van der Waals surface area contributed by atoms with E-state index in [0.29, 0.717) is 11.3 Å². The van der Waals surface area contributed by atoms with Gasteiger partial charge in [-0.05, 0) is 30.3 Å². The Bertz CT molecular complexity index is 696. The lowest BCUT2D eigenvalue weighted by atomic mass is 10.1. The van der Waals surface area contributed by atoms with Gasteiger partial charge in [0.05, 0.1) is 0 Å². The van der Waals surface area contributed by atoms with Crippen LogP contribution in [0, 0.1) is 17.7 Å². The number of para-hydroxylation sites is 1. The van der Waals surface area contributed by atoms with E-state index < -0.39 is 12.0 Å². The van der Waals surface area contributed by atoms with Gasteiger partial charge in [-0.3, -0.25) is 0 Å². The topological polar surface area (TPSA) is 12.0 Å². The van der Waals surface area contributed by atoms with Gasteiger partial charge in [0.15, 0.2) is 6.04 Å². The molecule has 1 heterocycles. The first kappa shape index (κ1) is 12.6. The van der Waals surface area contributed by atoms with Crippen molar-refractivity contribution in [3.63, 3.8) is 0 Å². The van der Waals surface area contributed by atoms with Crippen LogP contribution in [0.2, 0.25) is 0 Å². The van der Waals surface area contributed by atoms with Crippen molar-refractivity contribution in [2.75, 3.05) is 5.32 Å². The Morgan fingerprint density at radius 2 is 1.70 bits per heavy atom. The van der Waals surface area contributed by atoms with Crippen molar-refractivity contribution in [2.45, 2.75) is 12.0 Å². The number of benzene rings is 2. The zero-order valence-corrected chi connectivity index (χ0v) is 10.3. The predicted octanol–water partition coefficient (Wildman–Crippen LogP) is 3.76. The third kappa shape index (κ3) is 2.12. The molecule has 0 radical (unpaired) electrons. The number of fused-ring (bicyclic) bond motifs is 1. The average Bonchev–Trinajstić information content (AvgIpc) is 2.70. The van der Waals surface area contributed by atoms with Crippen molar-refractivity contribution < 1.29 is 13.2 Å². The zero-order chi connectivity index (χ0) is 14.2. The number of nitrogens with one attached hydrogen (secondary N) is 1. The van der Waals surface area contributed by atoms with E-state index in [9.17, 15) is 13.2 Å². The van der Waals surface area contributed by atoms with Gasteiger partial charge in [0, 0.05) is 16.8 Å². The summed E-state index contributed by atoms with van der Waals surface area (Å²) in [4.78, 5) is 0. The molecule has 1 unspecified atom stereocenters. The molecule has 0 bridgehead atoms. The first-order valence-electron chi connectivity index (χ1n) is 6.08. The van der Waals surface area contributed by atoms with Crippen molar-refractivity contribution in [3.05, 3.63) is 65.5 Å². The van der Waals surface area contributed by atoms with Crippen LogP contribution in [0.5, 0.6) is 0 Å². The monoisotopic (exact) mass is 273 g/mol. The Morgan fingerprint density at radius 1 is 1.00 bits per heavy atom. The van der Waals surface area contributed by atoms with Gasteiger partial charge in [0.2, 0.25) is 0 Å². The quantitative estimate of drug-likeness (QED) is 0.721. The van der Waals surface area contributed by atoms with Crippen LogP contribution in [0.3, 0.4) is 0 Å². The normalized spacial score (nSPS) is 18.6. The van der Waals surface area contributed by atoms with Crippen molar-refractivity contribution in [1.82, 2.24) is 0 Å². The van der Waals surface area contributed by atoms with Gasteiger partial charge in [-0.1, -0.05) is 30.0 Å². The highest BCUT2D eigenvalue weighted by Crippen LogP contribution is 2.43. The van der Waals surface area contributed by atoms with E-state index in [4.69, 9.17) is 0 Å². The summed E-state index contributed by atoms with van der Waals surface area (Å²) < 4.78 is 41.0. The number of hydrogen-bond donors (Lipinski definition) is 1. The van der Waals surface area contributed by atoms with E-state index in [1.807, 2.05) is 0 Å². The van der Waals surface area contributed by atoms with Gasteiger partial charge < -0.3 is 5.32 Å². The Morgan fingerprint density at radius 3 is 2.40 bits per heavy atom. The second-order valence-electron chi connectivity index (χ2n) is 4.52. The predicted molar refractivity (Wildman–Crippen MR) is 71.0 cm³/mol. The fourth-order valence-electron chi connectivity index (χ4n) is 2.12. The number of anilines is 1. The molecule has 4 heteroatoms. The molecule has 2 aromatic rings. The zero-order valence-electron chi connectivity index (χ0n) is 10.3. The highest BCUT2D eigenvalue weighted by Gasteiger charge is 2.47. The maximum atomic E-state index is 14.1. The van der Waals surface area contributed by atoms with Crippen LogP contribution in [0.25, 0.3) is 0 Å².